The number of halogens is 2. The third-order valence-corrected chi connectivity index (χ3v) is 3.99. The Morgan fingerprint density at radius 1 is 1.30 bits per heavy atom. The molecule has 1 aliphatic heterocycles. The van der Waals surface area contributed by atoms with Crippen LogP contribution in [0.4, 0.5) is 8.78 Å². The maximum atomic E-state index is 13.1. The average Bonchev–Trinajstić information content (AvgIpc) is 2.38. The lowest BCUT2D eigenvalue weighted by molar-refractivity contribution is -0.151. The monoisotopic (exact) mass is 291 g/mol. The van der Waals surface area contributed by atoms with Crippen LogP contribution < -0.4 is 0 Å². The van der Waals surface area contributed by atoms with E-state index < -0.39 is 23.9 Å². The van der Waals surface area contributed by atoms with Crippen LogP contribution in [0.5, 0.6) is 0 Å². The highest BCUT2D eigenvalue weighted by Crippen LogP contribution is 2.37. The van der Waals surface area contributed by atoms with E-state index in [2.05, 4.69) is 0 Å². The van der Waals surface area contributed by atoms with Crippen molar-refractivity contribution in [1.82, 2.24) is 4.90 Å². The summed E-state index contributed by atoms with van der Waals surface area (Å²) in [6.07, 6.45) is -0.366. The molecule has 20 heavy (non-hydrogen) atoms. The van der Waals surface area contributed by atoms with Crippen molar-refractivity contribution in [2.75, 3.05) is 19.8 Å². The Morgan fingerprint density at radius 2 is 1.95 bits per heavy atom. The van der Waals surface area contributed by atoms with Crippen molar-refractivity contribution in [2.45, 2.75) is 44.1 Å². The van der Waals surface area contributed by atoms with Crippen molar-refractivity contribution in [3.05, 3.63) is 0 Å². The molecule has 0 aromatic rings. The van der Waals surface area contributed by atoms with Crippen LogP contribution in [0.3, 0.4) is 0 Å². The average molecular weight is 291 g/mol. The van der Waals surface area contributed by atoms with Crippen LogP contribution in [0.2, 0.25) is 0 Å². The molecule has 1 saturated carbocycles. The Kier molecular flexibility index (Phi) is 4.57. The second-order valence-electron chi connectivity index (χ2n) is 5.49. The molecule has 0 radical (unpaired) electrons. The second-order valence-corrected chi connectivity index (χ2v) is 5.49. The van der Waals surface area contributed by atoms with E-state index in [0.29, 0.717) is 13.2 Å². The quantitative estimate of drug-likeness (QED) is 0.856. The minimum absolute atomic E-state index is 0.170. The Hall–Kier alpha value is -1.24. The molecule has 1 unspecified atom stereocenters. The molecular weight excluding hydrogens is 272 g/mol. The highest BCUT2D eigenvalue weighted by atomic mass is 19.3. The summed E-state index contributed by atoms with van der Waals surface area (Å²) in [4.78, 5) is 24.7. The van der Waals surface area contributed by atoms with E-state index in [1.54, 1.807) is 0 Å². The lowest BCUT2D eigenvalue weighted by Gasteiger charge is -2.38. The lowest BCUT2D eigenvalue weighted by atomic mass is 9.85. The zero-order chi connectivity index (χ0) is 14.8. The highest BCUT2D eigenvalue weighted by Gasteiger charge is 2.40. The summed E-state index contributed by atoms with van der Waals surface area (Å²) in [7, 11) is 0. The highest BCUT2D eigenvalue weighted by molar-refractivity contribution is 5.80. The Bertz CT molecular complexity index is 379. The van der Waals surface area contributed by atoms with Crippen LogP contribution >= 0.6 is 0 Å². The molecule has 5 nitrogen and oxygen atoms in total. The van der Waals surface area contributed by atoms with E-state index in [4.69, 9.17) is 9.84 Å². The molecule has 0 bridgehead atoms. The molecule has 0 aromatic carbocycles. The molecule has 0 aromatic heterocycles. The maximum absolute atomic E-state index is 13.1. The standard InChI is InChI=1S/C13H19F2NO4/c14-13(15)3-1-9(2-4-13)12(19)16-5-6-20-8-10(16)7-11(17)18/h9-10H,1-8H2,(H,17,18). The molecule has 1 saturated heterocycles. The summed E-state index contributed by atoms with van der Waals surface area (Å²) < 4.78 is 31.4. The van der Waals surface area contributed by atoms with Gasteiger partial charge in [0.25, 0.3) is 0 Å². The van der Waals surface area contributed by atoms with Gasteiger partial charge in [0.1, 0.15) is 0 Å². The third kappa shape index (κ3) is 3.65. The minimum atomic E-state index is -2.66. The summed E-state index contributed by atoms with van der Waals surface area (Å²) in [6.45, 7) is 0.898. The van der Waals surface area contributed by atoms with Crippen LogP contribution in [0.15, 0.2) is 0 Å². The number of aliphatic carboxylic acids is 1. The number of morpholine rings is 1. The molecule has 7 heteroatoms. The molecule has 2 fully saturated rings. The SMILES string of the molecule is O=C(O)CC1COCCN1C(=O)C1CCC(F)(F)CC1. The lowest BCUT2D eigenvalue weighted by Crippen LogP contribution is -2.52. The molecule has 0 spiro atoms. The molecule has 2 rings (SSSR count). The second kappa shape index (κ2) is 6.03. The molecule has 1 aliphatic carbocycles. The predicted molar refractivity (Wildman–Crippen MR) is 65.5 cm³/mol. The van der Waals surface area contributed by atoms with Gasteiger partial charge in [-0.1, -0.05) is 0 Å². The first-order valence-electron chi connectivity index (χ1n) is 6.87. The Balaban J connectivity index is 1.97. The summed E-state index contributed by atoms with van der Waals surface area (Å²) >= 11 is 0. The number of carboxylic acids is 1. The van der Waals surface area contributed by atoms with E-state index in [1.807, 2.05) is 0 Å². The molecule has 1 atom stereocenters. The Morgan fingerprint density at radius 3 is 2.55 bits per heavy atom. The first kappa shape index (κ1) is 15.2. The fraction of sp³-hybridized carbons (Fsp3) is 0.846. The first-order chi connectivity index (χ1) is 9.39. The van der Waals surface area contributed by atoms with Gasteiger partial charge >= 0.3 is 5.97 Å². The molecular formula is C13H19F2NO4. The first-order valence-corrected chi connectivity index (χ1v) is 6.87. The predicted octanol–water partition coefficient (Wildman–Crippen LogP) is 1.51. The van der Waals surface area contributed by atoms with Gasteiger partial charge < -0.3 is 14.7 Å². The molecule has 1 N–H and O–H groups in total. The van der Waals surface area contributed by atoms with E-state index in [1.165, 1.54) is 4.90 Å². The number of ether oxygens (including phenoxy) is 1. The van der Waals surface area contributed by atoms with Crippen molar-refractivity contribution < 1.29 is 28.2 Å². The van der Waals surface area contributed by atoms with Gasteiger partial charge in [0.15, 0.2) is 0 Å². The summed E-state index contributed by atoms with van der Waals surface area (Å²) in [6, 6.07) is -0.490. The van der Waals surface area contributed by atoms with Crippen LogP contribution in [0, 0.1) is 5.92 Å². The van der Waals surface area contributed by atoms with Gasteiger partial charge in [0, 0.05) is 25.3 Å². The van der Waals surface area contributed by atoms with Crippen molar-refractivity contribution in [3.63, 3.8) is 0 Å². The largest absolute Gasteiger partial charge is 0.481 e. The molecule has 1 heterocycles. The molecule has 1 amide bonds. The van der Waals surface area contributed by atoms with E-state index in [0.717, 1.165) is 0 Å². The number of rotatable bonds is 3. The zero-order valence-corrected chi connectivity index (χ0v) is 11.2. The van der Waals surface area contributed by atoms with Crippen LogP contribution in [0.25, 0.3) is 0 Å². The summed E-state index contributed by atoms with van der Waals surface area (Å²) in [5.41, 5.74) is 0. The van der Waals surface area contributed by atoms with E-state index in [-0.39, 0.29) is 44.6 Å². The molecule has 114 valence electrons. The smallest absolute Gasteiger partial charge is 0.305 e. The number of carbonyl (C=O) groups excluding carboxylic acids is 1. The van der Waals surface area contributed by atoms with Gasteiger partial charge in [0.2, 0.25) is 11.8 Å². The third-order valence-electron chi connectivity index (χ3n) is 3.99. The van der Waals surface area contributed by atoms with Crippen molar-refractivity contribution in [1.29, 1.82) is 0 Å². The van der Waals surface area contributed by atoms with Crippen molar-refractivity contribution in [3.8, 4) is 0 Å². The normalized spacial score (nSPS) is 27.3. The maximum Gasteiger partial charge on any atom is 0.305 e. The number of hydrogen-bond donors (Lipinski definition) is 1. The molecule has 2 aliphatic rings. The Labute approximate surface area is 115 Å². The van der Waals surface area contributed by atoms with Crippen LogP contribution in [-0.4, -0.2) is 53.6 Å². The fourth-order valence-electron chi connectivity index (χ4n) is 2.84. The van der Waals surface area contributed by atoms with E-state index in [9.17, 15) is 18.4 Å². The van der Waals surface area contributed by atoms with Gasteiger partial charge in [-0.3, -0.25) is 9.59 Å². The number of alkyl halides is 2. The van der Waals surface area contributed by atoms with Crippen molar-refractivity contribution >= 4 is 11.9 Å². The summed E-state index contributed by atoms with van der Waals surface area (Å²) in [5, 5.41) is 8.85. The minimum Gasteiger partial charge on any atom is -0.481 e. The van der Waals surface area contributed by atoms with Gasteiger partial charge in [-0.2, -0.15) is 0 Å². The van der Waals surface area contributed by atoms with Gasteiger partial charge in [-0.15, -0.1) is 0 Å². The number of amides is 1. The van der Waals surface area contributed by atoms with Gasteiger partial charge in [-0.05, 0) is 12.8 Å². The van der Waals surface area contributed by atoms with Crippen LogP contribution in [-0.2, 0) is 14.3 Å². The van der Waals surface area contributed by atoms with Gasteiger partial charge in [0.05, 0.1) is 25.7 Å². The number of carboxylic acid groups (broad SMARTS) is 1. The number of hydrogen-bond acceptors (Lipinski definition) is 3. The fourth-order valence-corrected chi connectivity index (χ4v) is 2.84. The zero-order valence-electron chi connectivity index (χ0n) is 11.2. The summed E-state index contributed by atoms with van der Waals surface area (Å²) in [5.74, 6) is -4.27. The topological polar surface area (TPSA) is 66.8 Å². The van der Waals surface area contributed by atoms with Crippen LogP contribution in [0.1, 0.15) is 32.1 Å². The number of nitrogens with zero attached hydrogens (tertiary/aromatic N) is 1. The van der Waals surface area contributed by atoms with Crippen molar-refractivity contribution in [2.24, 2.45) is 5.92 Å². The number of carbonyl (C=O) groups is 2. The van der Waals surface area contributed by atoms with E-state index >= 15 is 0 Å². The van der Waals surface area contributed by atoms with Gasteiger partial charge in [-0.25, -0.2) is 8.78 Å².